The van der Waals surface area contributed by atoms with Crippen molar-refractivity contribution in [2.75, 3.05) is 25.0 Å². The van der Waals surface area contributed by atoms with Crippen molar-refractivity contribution in [2.45, 2.75) is 18.9 Å². The second-order valence-corrected chi connectivity index (χ2v) is 4.24. The fraction of sp³-hybridized carbons (Fsp3) is 0.600. The van der Waals surface area contributed by atoms with Crippen LogP contribution in [0.2, 0.25) is 5.15 Å². The molecular formula is C10H16Cl2N4. The molecule has 1 aromatic heterocycles. The molecule has 1 unspecified atom stereocenters. The standard InChI is InChI=1S/C10H15ClN4.ClH/c1-15(7-8-3-2-5-12-8)10-13-6-4-9(11)14-10;/h4,6,8,12H,2-3,5,7H2,1H3;1H. The Morgan fingerprint density at radius 3 is 3.06 bits per heavy atom. The molecule has 1 aliphatic rings. The van der Waals surface area contributed by atoms with Crippen LogP contribution < -0.4 is 10.2 Å². The molecule has 1 fully saturated rings. The molecule has 0 radical (unpaired) electrons. The number of halogens is 2. The van der Waals surface area contributed by atoms with Gasteiger partial charge in [0.05, 0.1) is 0 Å². The van der Waals surface area contributed by atoms with Gasteiger partial charge in [0.15, 0.2) is 0 Å². The van der Waals surface area contributed by atoms with E-state index in [9.17, 15) is 0 Å². The normalized spacial score (nSPS) is 19.2. The third-order valence-corrected chi connectivity index (χ3v) is 2.82. The highest BCUT2D eigenvalue weighted by Gasteiger charge is 2.17. The lowest BCUT2D eigenvalue weighted by Crippen LogP contribution is -2.36. The van der Waals surface area contributed by atoms with Crippen LogP contribution >= 0.6 is 24.0 Å². The Bertz CT molecular complexity index is 328. The van der Waals surface area contributed by atoms with E-state index >= 15 is 0 Å². The van der Waals surface area contributed by atoms with Gasteiger partial charge in [0.2, 0.25) is 5.95 Å². The third-order valence-electron chi connectivity index (χ3n) is 2.61. The van der Waals surface area contributed by atoms with E-state index in [-0.39, 0.29) is 12.4 Å². The summed E-state index contributed by atoms with van der Waals surface area (Å²) < 4.78 is 0. The van der Waals surface area contributed by atoms with E-state index in [1.54, 1.807) is 12.3 Å². The van der Waals surface area contributed by atoms with Crippen LogP contribution in [0.3, 0.4) is 0 Å². The summed E-state index contributed by atoms with van der Waals surface area (Å²) in [6.07, 6.45) is 4.17. The molecule has 0 aliphatic carbocycles. The maximum atomic E-state index is 5.81. The monoisotopic (exact) mass is 262 g/mol. The van der Waals surface area contributed by atoms with Gasteiger partial charge in [-0.05, 0) is 25.5 Å². The molecule has 1 aromatic rings. The van der Waals surface area contributed by atoms with Gasteiger partial charge in [-0.2, -0.15) is 0 Å². The minimum atomic E-state index is 0. The molecule has 4 nitrogen and oxygen atoms in total. The first-order valence-electron chi connectivity index (χ1n) is 5.19. The molecule has 0 saturated carbocycles. The lowest BCUT2D eigenvalue weighted by atomic mass is 10.2. The second-order valence-electron chi connectivity index (χ2n) is 3.85. The van der Waals surface area contributed by atoms with Gasteiger partial charge in [0.25, 0.3) is 0 Å². The molecule has 1 aliphatic heterocycles. The Morgan fingerprint density at radius 2 is 2.44 bits per heavy atom. The summed E-state index contributed by atoms with van der Waals surface area (Å²) in [5.74, 6) is 0.691. The van der Waals surface area contributed by atoms with Gasteiger partial charge < -0.3 is 10.2 Å². The highest BCUT2D eigenvalue weighted by atomic mass is 35.5. The van der Waals surface area contributed by atoms with Crippen LogP contribution in [0.5, 0.6) is 0 Å². The van der Waals surface area contributed by atoms with Crippen molar-refractivity contribution in [1.82, 2.24) is 15.3 Å². The quantitative estimate of drug-likeness (QED) is 0.843. The summed E-state index contributed by atoms with van der Waals surface area (Å²) >= 11 is 5.81. The summed E-state index contributed by atoms with van der Waals surface area (Å²) in [7, 11) is 1.99. The van der Waals surface area contributed by atoms with Crippen molar-refractivity contribution < 1.29 is 0 Å². The van der Waals surface area contributed by atoms with Crippen LogP contribution in [0.4, 0.5) is 5.95 Å². The molecule has 90 valence electrons. The molecule has 1 saturated heterocycles. The van der Waals surface area contributed by atoms with E-state index in [2.05, 4.69) is 15.3 Å². The first-order valence-corrected chi connectivity index (χ1v) is 5.56. The van der Waals surface area contributed by atoms with Crippen molar-refractivity contribution in [1.29, 1.82) is 0 Å². The number of likely N-dealkylation sites (N-methyl/N-ethyl adjacent to an activating group) is 1. The molecule has 0 amide bonds. The van der Waals surface area contributed by atoms with Gasteiger partial charge in [0.1, 0.15) is 5.15 Å². The van der Waals surface area contributed by atoms with Crippen LogP contribution in [-0.2, 0) is 0 Å². The lowest BCUT2D eigenvalue weighted by Gasteiger charge is -2.21. The largest absolute Gasteiger partial charge is 0.342 e. The van der Waals surface area contributed by atoms with E-state index in [0.717, 1.165) is 13.1 Å². The van der Waals surface area contributed by atoms with Crippen molar-refractivity contribution in [2.24, 2.45) is 0 Å². The van der Waals surface area contributed by atoms with Crippen molar-refractivity contribution in [3.05, 3.63) is 17.4 Å². The Morgan fingerprint density at radius 1 is 1.62 bits per heavy atom. The zero-order chi connectivity index (χ0) is 10.7. The van der Waals surface area contributed by atoms with Crippen LogP contribution in [-0.4, -0.2) is 36.1 Å². The fourth-order valence-corrected chi connectivity index (χ4v) is 1.97. The summed E-state index contributed by atoms with van der Waals surface area (Å²) in [5, 5.41) is 3.93. The molecule has 0 spiro atoms. The second kappa shape index (κ2) is 6.23. The first kappa shape index (κ1) is 13.5. The minimum Gasteiger partial charge on any atom is -0.342 e. The summed E-state index contributed by atoms with van der Waals surface area (Å²) in [4.78, 5) is 10.4. The molecule has 2 heterocycles. The molecular weight excluding hydrogens is 247 g/mol. The van der Waals surface area contributed by atoms with E-state index in [0.29, 0.717) is 17.1 Å². The molecule has 1 atom stereocenters. The number of nitrogens with zero attached hydrogens (tertiary/aromatic N) is 3. The smallest absolute Gasteiger partial charge is 0.226 e. The van der Waals surface area contributed by atoms with Gasteiger partial charge in [-0.25, -0.2) is 9.97 Å². The summed E-state index contributed by atoms with van der Waals surface area (Å²) in [6.45, 7) is 2.05. The van der Waals surface area contributed by atoms with Crippen LogP contribution in [0, 0.1) is 0 Å². The number of aromatic nitrogens is 2. The highest BCUT2D eigenvalue weighted by Crippen LogP contribution is 2.12. The van der Waals surface area contributed by atoms with Gasteiger partial charge in [-0.1, -0.05) is 11.6 Å². The molecule has 6 heteroatoms. The molecule has 16 heavy (non-hydrogen) atoms. The van der Waals surface area contributed by atoms with E-state index in [1.807, 2.05) is 11.9 Å². The van der Waals surface area contributed by atoms with Crippen LogP contribution in [0.25, 0.3) is 0 Å². The predicted octanol–water partition coefficient (Wildman–Crippen LogP) is 1.74. The fourth-order valence-electron chi connectivity index (χ4n) is 1.84. The van der Waals surface area contributed by atoms with E-state index in [1.165, 1.54) is 12.8 Å². The maximum absolute atomic E-state index is 5.81. The molecule has 0 bridgehead atoms. The molecule has 0 aromatic carbocycles. The summed E-state index contributed by atoms with van der Waals surface area (Å²) in [6, 6.07) is 2.24. The average molecular weight is 263 g/mol. The van der Waals surface area contributed by atoms with Crippen molar-refractivity contribution in [3.8, 4) is 0 Å². The third kappa shape index (κ3) is 3.47. The van der Waals surface area contributed by atoms with Gasteiger partial charge >= 0.3 is 0 Å². The number of rotatable bonds is 3. The topological polar surface area (TPSA) is 41.0 Å². The highest BCUT2D eigenvalue weighted by molar-refractivity contribution is 6.29. The SMILES string of the molecule is CN(CC1CCCN1)c1nccc(Cl)n1.Cl. The van der Waals surface area contributed by atoms with E-state index < -0.39 is 0 Å². The summed E-state index contributed by atoms with van der Waals surface area (Å²) in [5.41, 5.74) is 0. The van der Waals surface area contributed by atoms with Gasteiger partial charge in [0, 0.05) is 25.8 Å². The average Bonchev–Trinajstić information content (AvgIpc) is 2.70. The van der Waals surface area contributed by atoms with Crippen LogP contribution in [0.1, 0.15) is 12.8 Å². The number of nitrogens with one attached hydrogen (secondary N) is 1. The Labute approximate surface area is 107 Å². The maximum Gasteiger partial charge on any atom is 0.226 e. The number of anilines is 1. The zero-order valence-corrected chi connectivity index (χ0v) is 10.8. The van der Waals surface area contributed by atoms with Gasteiger partial charge in [-0.15, -0.1) is 12.4 Å². The first-order chi connectivity index (χ1) is 7.25. The van der Waals surface area contributed by atoms with E-state index in [4.69, 9.17) is 11.6 Å². The zero-order valence-electron chi connectivity index (χ0n) is 9.19. The molecule has 2 rings (SSSR count). The van der Waals surface area contributed by atoms with Crippen LogP contribution in [0.15, 0.2) is 12.3 Å². The Hall–Kier alpha value is -0.580. The Balaban J connectivity index is 0.00000128. The lowest BCUT2D eigenvalue weighted by molar-refractivity contribution is 0.594. The van der Waals surface area contributed by atoms with Crippen molar-refractivity contribution >= 4 is 30.0 Å². The Kier molecular flexibility index (Phi) is 5.25. The van der Waals surface area contributed by atoms with Gasteiger partial charge in [-0.3, -0.25) is 0 Å². The minimum absolute atomic E-state index is 0. The van der Waals surface area contributed by atoms with Crippen molar-refractivity contribution in [3.63, 3.8) is 0 Å². The molecule has 1 N–H and O–H groups in total. The predicted molar refractivity (Wildman–Crippen MR) is 68.6 cm³/mol. The number of hydrogen-bond donors (Lipinski definition) is 1. The number of hydrogen-bond acceptors (Lipinski definition) is 4.